The molecular weight excluding hydrogens is 340 g/mol. The highest BCUT2D eigenvalue weighted by atomic mass is 32.1. The number of likely N-dealkylation sites (tertiary alicyclic amines) is 1. The van der Waals surface area contributed by atoms with Gasteiger partial charge in [-0.05, 0) is 50.5 Å². The number of nitrogens with one attached hydrogen (secondary N) is 1. The highest BCUT2D eigenvalue weighted by Crippen LogP contribution is 2.25. The van der Waals surface area contributed by atoms with Gasteiger partial charge in [-0.3, -0.25) is 0 Å². The molecule has 1 aliphatic rings. The number of benzene rings is 2. The van der Waals surface area contributed by atoms with Gasteiger partial charge >= 0.3 is 0 Å². The minimum atomic E-state index is 0.715. The van der Waals surface area contributed by atoms with Crippen LogP contribution in [0.2, 0.25) is 0 Å². The van der Waals surface area contributed by atoms with Gasteiger partial charge in [0.1, 0.15) is 5.82 Å². The maximum absolute atomic E-state index is 5.65. The number of aryl methyl sites for hydroxylation is 1. The van der Waals surface area contributed by atoms with Crippen molar-refractivity contribution in [2.45, 2.75) is 26.2 Å². The second-order valence-electron chi connectivity index (χ2n) is 6.76. The predicted molar refractivity (Wildman–Crippen MR) is 111 cm³/mol. The molecule has 0 spiro atoms. The van der Waals surface area contributed by atoms with Gasteiger partial charge in [0.15, 0.2) is 10.9 Å². The number of piperidine rings is 1. The topological polar surface area (TPSA) is 41.1 Å². The molecule has 2 aromatic carbocycles. The van der Waals surface area contributed by atoms with Gasteiger partial charge in [-0.15, -0.1) is 0 Å². The monoisotopic (exact) mass is 362 g/mol. The van der Waals surface area contributed by atoms with Crippen molar-refractivity contribution < 1.29 is 0 Å². The highest BCUT2D eigenvalue weighted by Gasteiger charge is 2.16. The van der Waals surface area contributed by atoms with E-state index in [0.717, 1.165) is 40.5 Å². The van der Waals surface area contributed by atoms with Crippen molar-refractivity contribution in [3.8, 4) is 11.4 Å². The van der Waals surface area contributed by atoms with Crippen molar-refractivity contribution in [2.75, 3.05) is 18.4 Å². The maximum atomic E-state index is 5.65. The van der Waals surface area contributed by atoms with Crippen molar-refractivity contribution in [3.05, 3.63) is 54.1 Å². The number of nitrogens with zero attached hydrogens (tertiary/aromatic N) is 3. The Bertz CT molecular complexity index is 930. The maximum Gasteiger partial charge on any atom is 0.174 e. The second kappa shape index (κ2) is 7.38. The van der Waals surface area contributed by atoms with Gasteiger partial charge in [-0.25, -0.2) is 9.97 Å². The summed E-state index contributed by atoms with van der Waals surface area (Å²) in [6.07, 6.45) is 3.68. The van der Waals surface area contributed by atoms with Gasteiger partial charge in [0.2, 0.25) is 0 Å². The summed E-state index contributed by atoms with van der Waals surface area (Å²) in [5, 5.41) is 5.12. The van der Waals surface area contributed by atoms with E-state index < -0.39 is 0 Å². The first-order valence-electron chi connectivity index (χ1n) is 9.10. The lowest BCUT2D eigenvalue weighted by Gasteiger charge is -2.29. The van der Waals surface area contributed by atoms with Crippen LogP contribution in [0.25, 0.3) is 22.3 Å². The van der Waals surface area contributed by atoms with Gasteiger partial charge < -0.3 is 10.2 Å². The number of hydrogen-bond acceptors (Lipinski definition) is 3. The van der Waals surface area contributed by atoms with E-state index in [2.05, 4.69) is 41.4 Å². The number of hydrogen-bond donors (Lipinski definition) is 1. The molecule has 0 atom stereocenters. The lowest BCUT2D eigenvalue weighted by atomic mass is 10.1. The molecule has 0 aliphatic carbocycles. The number of aromatic nitrogens is 2. The van der Waals surface area contributed by atoms with Crippen LogP contribution >= 0.6 is 12.2 Å². The van der Waals surface area contributed by atoms with E-state index in [0.29, 0.717) is 5.82 Å². The molecule has 1 aliphatic heterocycles. The summed E-state index contributed by atoms with van der Waals surface area (Å²) in [6.45, 7) is 4.11. The summed E-state index contributed by atoms with van der Waals surface area (Å²) < 4.78 is 0. The standard InChI is InChI=1S/C21H22N4S/c1-15-9-11-16(12-10-15)19-22-18-8-4-3-7-17(18)20(23-19)24-21(26)25-13-5-2-6-14-25/h3-4,7-12H,2,5-6,13-14H2,1H3,(H,22,23,24,26). The summed E-state index contributed by atoms with van der Waals surface area (Å²) in [4.78, 5) is 11.8. The summed E-state index contributed by atoms with van der Waals surface area (Å²) >= 11 is 5.65. The summed E-state index contributed by atoms with van der Waals surface area (Å²) in [6, 6.07) is 16.4. The average Bonchev–Trinajstić information content (AvgIpc) is 2.69. The third-order valence-electron chi connectivity index (χ3n) is 4.78. The second-order valence-corrected chi connectivity index (χ2v) is 7.14. The Morgan fingerprint density at radius 2 is 1.69 bits per heavy atom. The molecule has 2 heterocycles. The minimum Gasteiger partial charge on any atom is -0.349 e. The fourth-order valence-corrected chi connectivity index (χ4v) is 3.56. The molecule has 0 amide bonds. The molecular formula is C21H22N4S. The average molecular weight is 363 g/mol. The molecule has 0 radical (unpaired) electrons. The lowest BCUT2D eigenvalue weighted by Crippen LogP contribution is -2.38. The number of para-hydroxylation sites is 1. The van der Waals surface area contributed by atoms with E-state index in [1.165, 1.54) is 24.8 Å². The first-order chi connectivity index (χ1) is 12.7. The van der Waals surface area contributed by atoms with Crippen LogP contribution in [0.3, 0.4) is 0 Å². The molecule has 5 heteroatoms. The fraction of sp³-hybridized carbons (Fsp3) is 0.286. The molecule has 26 heavy (non-hydrogen) atoms. The van der Waals surface area contributed by atoms with Gasteiger partial charge in [0, 0.05) is 24.0 Å². The third kappa shape index (κ3) is 3.53. The van der Waals surface area contributed by atoms with Crippen LogP contribution in [-0.2, 0) is 0 Å². The zero-order valence-electron chi connectivity index (χ0n) is 14.9. The van der Waals surface area contributed by atoms with Gasteiger partial charge in [0.05, 0.1) is 5.52 Å². The minimum absolute atomic E-state index is 0.715. The molecule has 0 unspecified atom stereocenters. The Labute approximate surface area is 159 Å². The smallest absolute Gasteiger partial charge is 0.174 e. The first kappa shape index (κ1) is 16.9. The SMILES string of the molecule is Cc1ccc(-c2nc(NC(=S)N3CCCCC3)c3ccccc3n2)cc1. The van der Waals surface area contributed by atoms with E-state index in [9.17, 15) is 0 Å². The molecule has 1 aromatic heterocycles. The van der Waals surface area contributed by atoms with Crippen LogP contribution in [0.5, 0.6) is 0 Å². The van der Waals surface area contributed by atoms with E-state index in [4.69, 9.17) is 22.2 Å². The quantitative estimate of drug-likeness (QED) is 0.664. The van der Waals surface area contributed by atoms with E-state index in [1.807, 2.05) is 24.3 Å². The van der Waals surface area contributed by atoms with E-state index in [-0.39, 0.29) is 0 Å². The third-order valence-corrected chi connectivity index (χ3v) is 5.14. The Morgan fingerprint density at radius 3 is 2.46 bits per heavy atom. The Balaban J connectivity index is 1.72. The van der Waals surface area contributed by atoms with Crippen molar-refractivity contribution in [1.29, 1.82) is 0 Å². The summed E-state index contributed by atoms with van der Waals surface area (Å²) in [7, 11) is 0. The van der Waals surface area contributed by atoms with Crippen LogP contribution in [0.4, 0.5) is 5.82 Å². The Hall–Kier alpha value is -2.53. The van der Waals surface area contributed by atoms with E-state index >= 15 is 0 Å². The van der Waals surface area contributed by atoms with Gasteiger partial charge in [-0.1, -0.05) is 42.0 Å². The Kier molecular flexibility index (Phi) is 4.80. The number of rotatable bonds is 2. The predicted octanol–water partition coefficient (Wildman–Crippen LogP) is 4.79. The molecule has 1 fully saturated rings. The molecule has 0 saturated carbocycles. The van der Waals surface area contributed by atoms with Gasteiger partial charge in [0.25, 0.3) is 0 Å². The van der Waals surface area contributed by atoms with Crippen LogP contribution in [-0.4, -0.2) is 33.1 Å². The van der Waals surface area contributed by atoms with Crippen LogP contribution < -0.4 is 5.32 Å². The molecule has 132 valence electrons. The molecule has 0 bridgehead atoms. The molecule has 3 aromatic rings. The molecule has 4 nitrogen and oxygen atoms in total. The summed E-state index contributed by atoms with van der Waals surface area (Å²) in [5.74, 6) is 1.49. The van der Waals surface area contributed by atoms with Gasteiger partial charge in [-0.2, -0.15) is 0 Å². The zero-order valence-corrected chi connectivity index (χ0v) is 15.7. The van der Waals surface area contributed by atoms with Crippen molar-refractivity contribution in [3.63, 3.8) is 0 Å². The largest absolute Gasteiger partial charge is 0.349 e. The van der Waals surface area contributed by atoms with E-state index in [1.54, 1.807) is 0 Å². The van der Waals surface area contributed by atoms with Crippen molar-refractivity contribution in [1.82, 2.24) is 14.9 Å². The molecule has 4 rings (SSSR count). The molecule has 1 N–H and O–H groups in total. The van der Waals surface area contributed by atoms with Crippen LogP contribution in [0, 0.1) is 6.92 Å². The number of anilines is 1. The lowest BCUT2D eigenvalue weighted by molar-refractivity contribution is 0.346. The first-order valence-corrected chi connectivity index (χ1v) is 9.51. The fourth-order valence-electron chi connectivity index (χ4n) is 3.28. The number of fused-ring (bicyclic) bond motifs is 1. The van der Waals surface area contributed by atoms with Crippen LogP contribution in [0.15, 0.2) is 48.5 Å². The van der Waals surface area contributed by atoms with Crippen LogP contribution in [0.1, 0.15) is 24.8 Å². The highest BCUT2D eigenvalue weighted by molar-refractivity contribution is 7.80. The zero-order chi connectivity index (χ0) is 17.9. The van der Waals surface area contributed by atoms with Crippen molar-refractivity contribution >= 4 is 34.1 Å². The Morgan fingerprint density at radius 1 is 0.962 bits per heavy atom. The summed E-state index contributed by atoms with van der Waals surface area (Å²) in [5.41, 5.74) is 3.15. The normalized spacial score (nSPS) is 14.4. The molecule has 1 saturated heterocycles. The van der Waals surface area contributed by atoms with Crippen molar-refractivity contribution in [2.24, 2.45) is 0 Å². The number of thiocarbonyl (C=S) groups is 1.